The molecule has 1 atom stereocenters. The van der Waals surface area contributed by atoms with E-state index in [2.05, 4.69) is 4.98 Å². The highest BCUT2D eigenvalue weighted by molar-refractivity contribution is 5.46. The minimum atomic E-state index is -0.504. The molecule has 1 heterocycles. The molecule has 0 saturated heterocycles. The molecule has 1 unspecified atom stereocenters. The van der Waals surface area contributed by atoms with Crippen molar-refractivity contribution in [3.63, 3.8) is 0 Å². The van der Waals surface area contributed by atoms with E-state index >= 15 is 0 Å². The number of aliphatic hydroxyl groups is 1. The van der Waals surface area contributed by atoms with Crippen molar-refractivity contribution in [1.29, 1.82) is 0 Å². The van der Waals surface area contributed by atoms with Gasteiger partial charge in [-0.15, -0.1) is 0 Å². The molecular weight excluding hydrogens is 224 g/mol. The van der Waals surface area contributed by atoms with Crippen LogP contribution in [0.2, 0.25) is 0 Å². The van der Waals surface area contributed by atoms with E-state index in [-0.39, 0.29) is 0 Å². The van der Waals surface area contributed by atoms with Crippen molar-refractivity contribution in [3.05, 3.63) is 59.9 Å². The second-order valence-corrected chi connectivity index (χ2v) is 4.53. The Balaban J connectivity index is 2.07. The summed E-state index contributed by atoms with van der Waals surface area (Å²) in [6, 6.07) is 13.7. The first-order valence-electron chi connectivity index (χ1n) is 6.02. The Bertz CT molecular complexity index is 480. The van der Waals surface area contributed by atoms with Crippen LogP contribution in [-0.4, -0.2) is 24.2 Å². The van der Waals surface area contributed by atoms with E-state index in [1.807, 2.05) is 61.5 Å². The van der Waals surface area contributed by atoms with Gasteiger partial charge in [0.2, 0.25) is 0 Å². The molecule has 18 heavy (non-hydrogen) atoms. The van der Waals surface area contributed by atoms with Crippen molar-refractivity contribution < 1.29 is 5.11 Å². The number of hydrogen-bond donors (Lipinski definition) is 1. The van der Waals surface area contributed by atoms with Crippen LogP contribution < -0.4 is 4.90 Å². The quantitative estimate of drug-likeness (QED) is 0.894. The van der Waals surface area contributed by atoms with Crippen molar-refractivity contribution >= 4 is 5.69 Å². The molecule has 2 aromatic rings. The predicted octanol–water partition coefficient (Wildman–Crippen LogP) is 2.42. The molecule has 0 aliphatic rings. The SMILES string of the molecule is CN(C)c1ccc(C(O)Cc2ccccn2)cc1. The monoisotopic (exact) mass is 242 g/mol. The summed E-state index contributed by atoms with van der Waals surface area (Å²) in [6.45, 7) is 0. The molecule has 3 nitrogen and oxygen atoms in total. The molecule has 0 radical (unpaired) electrons. The van der Waals surface area contributed by atoms with Gasteiger partial charge in [0.25, 0.3) is 0 Å². The van der Waals surface area contributed by atoms with E-state index in [0.29, 0.717) is 6.42 Å². The van der Waals surface area contributed by atoms with Crippen LogP contribution in [0.3, 0.4) is 0 Å². The predicted molar refractivity (Wildman–Crippen MR) is 73.7 cm³/mol. The van der Waals surface area contributed by atoms with E-state index in [1.54, 1.807) is 6.20 Å². The summed E-state index contributed by atoms with van der Waals surface area (Å²) >= 11 is 0. The van der Waals surface area contributed by atoms with Gasteiger partial charge < -0.3 is 10.0 Å². The maximum atomic E-state index is 10.1. The molecule has 1 aromatic carbocycles. The lowest BCUT2D eigenvalue weighted by Gasteiger charge is -2.15. The molecule has 0 aliphatic heterocycles. The third kappa shape index (κ3) is 3.08. The molecule has 0 spiro atoms. The zero-order chi connectivity index (χ0) is 13.0. The fourth-order valence-corrected chi connectivity index (χ4v) is 1.83. The number of aromatic nitrogens is 1. The van der Waals surface area contributed by atoms with E-state index in [1.165, 1.54) is 0 Å². The summed E-state index contributed by atoms with van der Waals surface area (Å²) < 4.78 is 0. The van der Waals surface area contributed by atoms with Gasteiger partial charge in [0.15, 0.2) is 0 Å². The number of aliphatic hydroxyl groups excluding tert-OH is 1. The molecule has 1 N–H and O–H groups in total. The fraction of sp³-hybridized carbons (Fsp3) is 0.267. The summed E-state index contributed by atoms with van der Waals surface area (Å²) in [5.74, 6) is 0. The number of hydrogen-bond acceptors (Lipinski definition) is 3. The molecule has 0 amide bonds. The molecule has 94 valence electrons. The molecule has 1 aromatic heterocycles. The van der Waals surface area contributed by atoms with Gasteiger partial charge >= 0.3 is 0 Å². The number of nitrogens with zero attached hydrogens (tertiary/aromatic N) is 2. The van der Waals surface area contributed by atoms with E-state index in [9.17, 15) is 5.11 Å². The Hall–Kier alpha value is -1.87. The topological polar surface area (TPSA) is 36.4 Å². The Morgan fingerprint density at radius 1 is 1.11 bits per heavy atom. The Morgan fingerprint density at radius 3 is 2.39 bits per heavy atom. The van der Waals surface area contributed by atoms with Crippen LogP contribution in [0.4, 0.5) is 5.69 Å². The molecule has 0 aliphatic carbocycles. The largest absolute Gasteiger partial charge is 0.388 e. The van der Waals surface area contributed by atoms with Crippen LogP contribution in [0.1, 0.15) is 17.4 Å². The molecule has 0 saturated carbocycles. The fourth-order valence-electron chi connectivity index (χ4n) is 1.83. The third-order valence-electron chi connectivity index (χ3n) is 2.92. The molecule has 2 rings (SSSR count). The first-order valence-corrected chi connectivity index (χ1v) is 6.02. The van der Waals surface area contributed by atoms with Crippen molar-refractivity contribution in [2.45, 2.75) is 12.5 Å². The summed E-state index contributed by atoms with van der Waals surface area (Å²) in [5, 5.41) is 10.1. The summed E-state index contributed by atoms with van der Waals surface area (Å²) in [4.78, 5) is 6.26. The molecule has 3 heteroatoms. The lowest BCUT2D eigenvalue weighted by Crippen LogP contribution is -2.09. The minimum Gasteiger partial charge on any atom is -0.388 e. The first kappa shape index (κ1) is 12.6. The van der Waals surface area contributed by atoms with Crippen LogP contribution in [-0.2, 0) is 6.42 Å². The number of anilines is 1. The number of rotatable bonds is 4. The van der Waals surface area contributed by atoms with Crippen molar-refractivity contribution in [1.82, 2.24) is 4.98 Å². The van der Waals surface area contributed by atoms with Gasteiger partial charge in [0, 0.05) is 38.1 Å². The number of benzene rings is 1. The Kier molecular flexibility index (Phi) is 3.95. The highest BCUT2D eigenvalue weighted by Gasteiger charge is 2.09. The molecule has 0 bridgehead atoms. The summed E-state index contributed by atoms with van der Waals surface area (Å²) in [5.41, 5.74) is 2.96. The Labute approximate surface area is 108 Å². The van der Waals surface area contributed by atoms with E-state index < -0.39 is 6.10 Å². The lowest BCUT2D eigenvalue weighted by atomic mass is 10.0. The molecular formula is C15H18N2O. The summed E-state index contributed by atoms with van der Waals surface area (Å²) in [7, 11) is 4.00. The minimum absolute atomic E-state index is 0.504. The van der Waals surface area contributed by atoms with Gasteiger partial charge in [-0.25, -0.2) is 0 Å². The Morgan fingerprint density at radius 2 is 1.83 bits per heavy atom. The first-order chi connectivity index (χ1) is 8.66. The zero-order valence-electron chi connectivity index (χ0n) is 10.7. The van der Waals surface area contributed by atoms with E-state index in [0.717, 1.165) is 16.9 Å². The standard InChI is InChI=1S/C15H18N2O/c1-17(2)14-8-6-12(7-9-14)15(18)11-13-5-3-4-10-16-13/h3-10,15,18H,11H2,1-2H3. The van der Waals surface area contributed by atoms with Gasteiger partial charge in [-0.2, -0.15) is 0 Å². The van der Waals surface area contributed by atoms with Crippen LogP contribution in [0.25, 0.3) is 0 Å². The van der Waals surface area contributed by atoms with Crippen LogP contribution in [0, 0.1) is 0 Å². The lowest BCUT2D eigenvalue weighted by molar-refractivity contribution is 0.177. The second kappa shape index (κ2) is 5.65. The maximum absolute atomic E-state index is 10.1. The normalized spacial score (nSPS) is 12.2. The molecule has 0 fully saturated rings. The third-order valence-corrected chi connectivity index (χ3v) is 2.92. The van der Waals surface area contributed by atoms with Crippen molar-refractivity contribution in [2.24, 2.45) is 0 Å². The van der Waals surface area contributed by atoms with E-state index in [4.69, 9.17) is 0 Å². The van der Waals surface area contributed by atoms with Crippen LogP contribution in [0.5, 0.6) is 0 Å². The highest BCUT2D eigenvalue weighted by Crippen LogP contribution is 2.20. The van der Waals surface area contributed by atoms with Crippen LogP contribution >= 0.6 is 0 Å². The maximum Gasteiger partial charge on any atom is 0.0845 e. The highest BCUT2D eigenvalue weighted by atomic mass is 16.3. The van der Waals surface area contributed by atoms with Crippen molar-refractivity contribution in [3.8, 4) is 0 Å². The number of pyridine rings is 1. The van der Waals surface area contributed by atoms with Crippen molar-refractivity contribution in [2.75, 3.05) is 19.0 Å². The van der Waals surface area contributed by atoms with Gasteiger partial charge in [0.05, 0.1) is 6.10 Å². The smallest absolute Gasteiger partial charge is 0.0845 e. The summed E-state index contributed by atoms with van der Waals surface area (Å²) in [6.07, 6.45) is 1.79. The average molecular weight is 242 g/mol. The average Bonchev–Trinajstić information content (AvgIpc) is 2.40. The van der Waals surface area contributed by atoms with Crippen LogP contribution in [0.15, 0.2) is 48.7 Å². The van der Waals surface area contributed by atoms with Gasteiger partial charge in [0.1, 0.15) is 0 Å². The van der Waals surface area contributed by atoms with Gasteiger partial charge in [-0.3, -0.25) is 4.98 Å². The zero-order valence-corrected chi connectivity index (χ0v) is 10.7. The van der Waals surface area contributed by atoms with Gasteiger partial charge in [-0.05, 0) is 29.8 Å². The van der Waals surface area contributed by atoms with Gasteiger partial charge in [-0.1, -0.05) is 18.2 Å². The second-order valence-electron chi connectivity index (χ2n) is 4.53.